The molecule has 2 rings (SSSR count). The molecule has 1 N–H and O–H groups in total. The fraction of sp³-hybridized carbons (Fsp3) is 0.0833. The normalized spacial score (nSPS) is 9.74. The van der Waals surface area contributed by atoms with Crippen molar-refractivity contribution in [1.82, 2.24) is 4.98 Å². The summed E-state index contributed by atoms with van der Waals surface area (Å²) in [5.41, 5.74) is 1.34. The molecule has 0 bridgehead atoms. The lowest BCUT2D eigenvalue weighted by atomic mass is 10.2. The maximum atomic E-state index is 11.3. The van der Waals surface area contributed by atoms with Gasteiger partial charge >= 0.3 is 5.97 Å². The van der Waals surface area contributed by atoms with E-state index in [0.29, 0.717) is 21.4 Å². The van der Waals surface area contributed by atoms with E-state index in [9.17, 15) is 4.79 Å². The molecule has 0 aliphatic heterocycles. The van der Waals surface area contributed by atoms with E-state index < -0.39 is 5.97 Å². The van der Waals surface area contributed by atoms with Crippen LogP contribution in [0.4, 0.5) is 10.8 Å². The third-order valence-corrected chi connectivity index (χ3v) is 3.31. The van der Waals surface area contributed by atoms with Gasteiger partial charge < -0.3 is 10.1 Å². The van der Waals surface area contributed by atoms with Crippen LogP contribution in [0.3, 0.4) is 0 Å². The van der Waals surface area contributed by atoms with E-state index in [0.717, 1.165) is 0 Å². The molecule has 0 saturated carbocycles. The van der Waals surface area contributed by atoms with Crippen LogP contribution in [0.15, 0.2) is 23.6 Å². The molecule has 0 unspecified atom stereocenters. The maximum Gasteiger partial charge on any atom is 0.357 e. The van der Waals surface area contributed by atoms with Gasteiger partial charge in [-0.05, 0) is 18.2 Å². The summed E-state index contributed by atoms with van der Waals surface area (Å²) in [4.78, 5) is 15.3. The van der Waals surface area contributed by atoms with Crippen molar-refractivity contribution in [1.29, 1.82) is 5.26 Å². The Bertz CT molecular complexity index is 663. The summed E-state index contributed by atoms with van der Waals surface area (Å²) in [6, 6.07) is 6.93. The quantitative estimate of drug-likeness (QED) is 0.880. The Morgan fingerprint density at radius 2 is 2.37 bits per heavy atom. The minimum atomic E-state index is -0.484. The van der Waals surface area contributed by atoms with Crippen LogP contribution >= 0.6 is 22.9 Å². The van der Waals surface area contributed by atoms with Crippen LogP contribution in [0.5, 0.6) is 0 Å². The average molecular weight is 294 g/mol. The van der Waals surface area contributed by atoms with E-state index in [1.54, 1.807) is 23.6 Å². The van der Waals surface area contributed by atoms with Crippen LogP contribution < -0.4 is 5.32 Å². The van der Waals surface area contributed by atoms with Crippen LogP contribution in [0, 0.1) is 11.3 Å². The number of nitrogens with zero attached hydrogens (tertiary/aromatic N) is 2. The van der Waals surface area contributed by atoms with E-state index >= 15 is 0 Å². The molecule has 96 valence electrons. The molecule has 0 radical (unpaired) electrons. The molecule has 0 aliphatic carbocycles. The Hall–Kier alpha value is -2.10. The number of benzene rings is 1. The molecule has 1 aromatic heterocycles. The highest BCUT2D eigenvalue weighted by Crippen LogP contribution is 2.25. The van der Waals surface area contributed by atoms with Crippen molar-refractivity contribution in [3.05, 3.63) is 39.9 Å². The number of nitrogens with one attached hydrogen (secondary N) is 1. The van der Waals surface area contributed by atoms with Gasteiger partial charge in [-0.1, -0.05) is 11.6 Å². The van der Waals surface area contributed by atoms with Gasteiger partial charge in [0.15, 0.2) is 10.8 Å². The van der Waals surface area contributed by atoms with Gasteiger partial charge in [-0.2, -0.15) is 5.26 Å². The molecule has 0 aliphatic rings. The Kier molecular flexibility index (Phi) is 4.00. The molecule has 1 aromatic carbocycles. The number of nitriles is 1. The van der Waals surface area contributed by atoms with Gasteiger partial charge in [0, 0.05) is 11.1 Å². The van der Waals surface area contributed by atoms with E-state index in [-0.39, 0.29) is 5.69 Å². The molecule has 0 amide bonds. The van der Waals surface area contributed by atoms with Crippen molar-refractivity contribution in [2.75, 3.05) is 12.4 Å². The molecule has 5 nitrogen and oxygen atoms in total. The molecule has 0 saturated heterocycles. The number of hydrogen-bond donors (Lipinski definition) is 1. The standard InChI is InChI=1S/C12H8ClN3O2S/c1-18-11(17)10-6-19-12(16-10)15-8-3-2-7(5-14)9(13)4-8/h2-4,6H,1H3,(H,15,16). The van der Waals surface area contributed by atoms with Gasteiger partial charge in [-0.3, -0.25) is 0 Å². The van der Waals surface area contributed by atoms with Crippen molar-refractivity contribution in [2.24, 2.45) is 0 Å². The minimum absolute atomic E-state index is 0.245. The zero-order valence-corrected chi connectivity index (χ0v) is 11.4. The van der Waals surface area contributed by atoms with E-state index in [1.807, 2.05) is 6.07 Å². The van der Waals surface area contributed by atoms with Gasteiger partial charge in [-0.15, -0.1) is 11.3 Å². The van der Waals surface area contributed by atoms with Crippen molar-refractivity contribution < 1.29 is 9.53 Å². The van der Waals surface area contributed by atoms with Gasteiger partial charge in [-0.25, -0.2) is 9.78 Å². The molecule has 2 aromatic rings. The first kappa shape index (κ1) is 13.3. The Morgan fingerprint density at radius 3 is 3.00 bits per heavy atom. The summed E-state index contributed by atoms with van der Waals surface area (Å²) in [6.07, 6.45) is 0. The first-order valence-corrected chi connectivity index (χ1v) is 6.40. The molecule has 19 heavy (non-hydrogen) atoms. The lowest BCUT2D eigenvalue weighted by Crippen LogP contribution is -2.01. The molecular weight excluding hydrogens is 286 g/mol. The zero-order chi connectivity index (χ0) is 13.8. The predicted molar refractivity (Wildman–Crippen MR) is 72.9 cm³/mol. The van der Waals surface area contributed by atoms with Crippen molar-refractivity contribution >= 4 is 39.7 Å². The summed E-state index contributed by atoms with van der Waals surface area (Å²) in [5, 5.41) is 14.3. The number of aromatic nitrogens is 1. The smallest absolute Gasteiger partial charge is 0.357 e. The van der Waals surface area contributed by atoms with Crippen LogP contribution in [-0.2, 0) is 4.74 Å². The number of ether oxygens (including phenoxy) is 1. The fourth-order valence-electron chi connectivity index (χ4n) is 1.34. The molecule has 0 spiro atoms. The highest BCUT2D eigenvalue weighted by molar-refractivity contribution is 7.14. The Balaban J connectivity index is 2.18. The maximum absolute atomic E-state index is 11.3. The van der Waals surface area contributed by atoms with Crippen LogP contribution in [0.1, 0.15) is 16.1 Å². The summed E-state index contributed by atoms with van der Waals surface area (Å²) < 4.78 is 4.57. The van der Waals surface area contributed by atoms with Gasteiger partial charge in [0.2, 0.25) is 0 Å². The monoisotopic (exact) mass is 293 g/mol. The molecule has 0 fully saturated rings. The number of thiazole rings is 1. The minimum Gasteiger partial charge on any atom is -0.464 e. The first-order chi connectivity index (χ1) is 9.13. The molecule has 1 heterocycles. The van der Waals surface area contributed by atoms with Gasteiger partial charge in [0.05, 0.1) is 17.7 Å². The summed E-state index contributed by atoms with van der Waals surface area (Å²) in [6.45, 7) is 0. The molecule has 7 heteroatoms. The van der Waals surface area contributed by atoms with E-state index in [1.165, 1.54) is 18.4 Å². The van der Waals surface area contributed by atoms with Crippen LogP contribution in [0.2, 0.25) is 5.02 Å². The third-order valence-electron chi connectivity index (χ3n) is 2.24. The van der Waals surface area contributed by atoms with Crippen molar-refractivity contribution in [3.8, 4) is 6.07 Å². The number of rotatable bonds is 3. The average Bonchev–Trinajstić information content (AvgIpc) is 2.86. The van der Waals surface area contributed by atoms with Crippen LogP contribution in [-0.4, -0.2) is 18.1 Å². The van der Waals surface area contributed by atoms with Gasteiger partial charge in [0.1, 0.15) is 6.07 Å². The number of halogens is 1. The third kappa shape index (κ3) is 3.02. The highest BCUT2D eigenvalue weighted by atomic mass is 35.5. The number of anilines is 2. The number of hydrogen-bond acceptors (Lipinski definition) is 6. The van der Waals surface area contributed by atoms with E-state index in [2.05, 4.69) is 15.0 Å². The topological polar surface area (TPSA) is 75.0 Å². The lowest BCUT2D eigenvalue weighted by molar-refractivity contribution is 0.0595. The second kappa shape index (κ2) is 5.69. The summed E-state index contributed by atoms with van der Waals surface area (Å²) in [7, 11) is 1.30. The number of carbonyl (C=O) groups excluding carboxylic acids is 1. The number of methoxy groups -OCH3 is 1. The largest absolute Gasteiger partial charge is 0.464 e. The Labute approximate surface area is 118 Å². The summed E-state index contributed by atoms with van der Waals surface area (Å²) in [5.74, 6) is -0.484. The number of esters is 1. The van der Waals surface area contributed by atoms with E-state index in [4.69, 9.17) is 16.9 Å². The SMILES string of the molecule is COC(=O)c1csc(Nc2ccc(C#N)c(Cl)c2)n1. The predicted octanol–water partition coefficient (Wildman–Crippen LogP) is 3.20. The second-order valence-electron chi connectivity index (χ2n) is 3.46. The number of carbonyl (C=O) groups is 1. The van der Waals surface area contributed by atoms with Gasteiger partial charge in [0.25, 0.3) is 0 Å². The van der Waals surface area contributed by atoms with Crippen molar-refractivity contribution in [3.63, 3.8) is 0 Å². The zero-order valence-electron chi connectivity index (χ0n) is 9.81. The Morgan fingerprint density at radius 1 is 1.58 bits per heavy atom. The molecular formula is C12H8ClN3O2S. The van der Waals surface area contributed by atoms with Crippen molar-refractivity contribution in [2.45, 2.75) is 0 Å². The summed E-state index contributed by atoms with van der Waals surface area (Å²) >= 11 is 7.19. The fourth-order valence-corrected chi connectivity index (χ4v) is 2.26. The lowest BCUT2D eigenvalue weighted by Gasteiger charge is -2.03. The second-order valence-corrected chi connectivity index (χ2v) is 4.73. The molecule has 0 atom stereocenters. The van der Waals surface area contributed by atoms with Crippen LogP contribution in [0.25, 0.3) is 0 Å². The first-order valence-electron chi connectivity index (χ1n) is 5.14. The highest BCUT2D eigenvalue weighted by Gasteiger charge is 2.11.